The molecule has 2 aromatic rings. The molecule has 0 aliphatic rings. The van der Waals surface area contributed by atoms with E-state index in [1.807, 2.05) is 43.3 Å². The van der Waals surface area contributed by atoms with Gasteiger partial charge >= 0.3 is 0 Å². The molecule has 0 aliphatic carbocycles. The molecular weight excluding hydrogens is 326 g/mol. The minimum atomic E-state index is -0.860. The highest BCUT2D eigenvalue weighted by Gasteiger charge is 2.34. The van der Waals surface area contributed by atoms with E-state index in [2.05, 4.69) is 33.0 Å². The Morgan fingerprint density at radius 3 is 2.35 bits per heavy atom. The molecule has 1 amide bonds. The molecule has 4 heteroatoms. The molecule has 0 aliphatic heterocycles. The van der Waals surface area contributed by atoms with E-state index in [1.165, 1.54) is 0 Å². The molecular formula is C22H31NO3. The number of nitrogens with one attached hydrogen (secondary N) is 1. The van der Waals surface area contributed by atoms with Gasteiger partial charge in [0.05, 0.1) is 6.10 Å². The SMILES string of the molecule is CCC(C)Oc1ccc(NC(=O)C(C)(CC(C)C)OC)c2ccccc12. The van der Waals surface area contributed by atoms with Gasteiger partial charge < -0.3 is 14.8 Å². The van der Waals surface area contributed by atoms with Gasteiger partial charge in [-0.3, -0.25) is 4.79 Å². The first-order valence-corrected chi connectivity index (χ1v) is 9.35. The summed E-state index contributed by atoms with van der Waals surface area (Å²) in [6.07, 6.45) is 1.73. The zero-order valence-electron chi connectivity index (χ0n) is 16.8. The molecule has 1 N–H and O–H groups in total. The molecule has 2 aromatic carbocycles. The third-order valence-electron chi connectivity index (χ3n) is 4.76. The minimum Gasteiger partial charge on any atom is -0.490 e. The molecule has 0 radical (unpaired) electrons. The van der Waals surface area contributed by atoms with E-state index in [1.54, 1.807) is 7.11 Å². The number of carbonyl (C=O) groups is 1. The highest BCUT2D eigenvalue weighted by atomic mass is 16.5. The third-order valence-corrected chi connectivity index (χ3v) is 4.76. The van der Waals surface area contributed by atoms with Crippen molar-refractivity contribution in [3.05, 3.63) is 36.4 Å². The van der Waals surface area contributed by atoms with Crippen molar-refractivity contribution in [1.82, 2.24) is 0 Å². The number of amides is 1. The Hall–Kier alpha value is -2.07. The number of hydrogen-bond acceptors (Lipinski definition) is 3. The van der Waals surface area contributed by atoms with E-state index in [0.717, 1.165) is 28.6 Å². The summed E-state index contributed by atoms with van der Waals surface area (Å²) in [5.74, 6) is 1.06. The number of ether oxygens (including phenoxy) is 2. The molecule has 0 bridgehead atoms. The zero-order valence-corrected chi connectivity index (χ0v) is 16.8. The average molecular weight is 357 g/mol. The summed E-state index contributed by atoms with van der Waals surface area (Å²) in [5, 5.41) is 5.01. The van der Waals surface area contributed by atoms with Crippen molar-refractivity contribution in [3.63, 3.8) is 0 Å². The van der Waals surface area contributed by atoms with Crippen LogP contribution in [0.15, 0.2) is 36.4 Å². The van der Waals surface area contributed by atoms with Crippen LogP contribution in [-0.2, 0) is 9.53 Å². The van der Waals surface area contributed by atoms with Crippen LogP contribution in [0.4, 0.5) is 5.69 Å². The van der Waals surface area contributed by atoms with Crippen LogP contribution >= 0.6 is 0 Å². The summed E-state index contributed by atoms with van der Waals surface area (Å²) in [7, 11) is 1.59. The Bertz CT molecular complexity index is 756. The molecule has 2 atom stereocenters. The topological polar surface area (TPSA) is 47.6 Å². The van der Waals surface area contributed by atoms with Crippen LogP contribution in [0.1, 0.15) is 47.5 Å². The van der Waals surface area contributed by atoms with Gasteiger partial charge in [0.2, 0.25) is 0 Å². The maximum absolute atomic E-state index is 12.9. The van der Waals surface area contributed by atoms with E-state index in [4.69, 9.17) is 9.47 Å². The maximum atomic E-state index is 12.9. The van der Waals surface area contributed by atoms with Crippen molar-refractivity contribution >= 4 is 22.4 Å². The van der Waals surface area contributed by atoms with Crippen molar-refractivity contribution in [2.45, 2.75) is 59.2 Å². The van der Waals surface area contributed by atoms with Gasteiger partial charge in [0.25, 0.3) is 5.91 Å². The first-order valence-electron chi connectivity index (χ1n) is 9.35. The van der Waals surface area contributed by atoms with Gasteiger partial charge in [-0.1, -0.05) is 45.0 Å². The summed E-state index contributed by atoms with van der Waals surface area (Å²) in [6.45, 7) is 10.2. The summed E-state index contributed by atoms with van der Waals surface area (Å²) in [4.78, 5) is 12.9. The Labute approximate surface area is 156 Å². The number of benzene rings is 2. The fraction of sp³-hybridized carbons (Fsp3) is 0.500. The molecule has 0 heterocycles. The van der Waals surface area contributed by atoms with Crippen LogP contribution in [0.25, 0.3) is 10.8 Å². The zero-order chi connectivity index (χ0) is 19.3. The highest BCUT2D eigenvalue weighted by Crippen LogP contribution is 2.33. The van der Waals surface area contributed by atoms with E-state index in [9.17, 15) is 4.79 Å². The van der Waals surface area contributed by atoms with Crippen LogP contribution in [0, 0.1) is 5.92 Å². The number of hydrogen-bond donors (Lipinski definition) is 1. The largest absolute Gasteiger partial charge is 0.490 e. The number of fused-ring (bicyclic) bond motifs is 1. The summed E-state index contributed by atoms with van der Waals surface area (Å²) in [6, 6.07) is 11.8. The maximum Gasteiger partial charge on any atom is 0.256 e. The second-order valence-electron chi connectivity index (χ2n) is 7.48. The molecule has 142 valence electrons. The van der Waals surface area contributed by atoms with Gasteiger partial charge in [-0.2, -0.15) is 0 Å². The number of carbonyl (C=O) groups excluding carboxylic acids is 1. The summed E-state index contributed by atoms with van der Waals surface area (Å²) in [5.41, 5.74) is -0.0876. The Morgan fingerprint density at radius 2 is 1.77 bits per heavy atom. The van der Waals surface area contributed by atoms with Crippen molar-refractivity contribution in [2.24, 2.45) is 5.92 Å². The van der Waals surface area contributed by atoms with E-state index in [0.29, 0.717) is 12.3 Å². The van der Waals surface area contributed by atoms with E-state index in [-0.39, 0.29) is 12.0 Å². The van der Waals surface area contributed by atoms with Crippen LogP contribution in [-0.4, -0.2) is 24.7 Å². The molecule has 0 fully saturated rings. The normalized spacial score (nSPS) is 14.9. The standard InChI is InChI=1S/C22H31NO3/c1-7-16(4)26-20-13-12-19(17-10-8-9-11-18(17)20)23-21(24)22(5,25-6)14-15(2)3/h8-13,15-16H,7,14H2,1-6H3,(H,23,24). The Balaban J connectivity index is 2.36. The summed E-state index contributed by atoms with van der Waals surface area (Å²) < 4.78 is 11.6. The molecule has 0 spiro atoms. The molecule has 26 heavy (non-hydrogen) atoms. The van der Waals surface area contributed by atoms with Gasteiger partial charge in [0.1, 0.15) is 11.4 Å². The second-order valence-corrected chi connectivity index (χ2v) is 7.48. The van der Waals surface area contributed by atoms with Crippen LogP contribution in [0.3, 0.4) is 0 Å². The lowest BCUT2D eigenvalue weighted by Crippen LogP contribution is -2.43. The Kier molecular flexibility index (Phi) is 6.65. The Morgan fingerprint density at radius 1 is 1.12 bits per heavy atom. The van der Waals surface area contributed by atoms with E-state index >= 15 is 0 Å². The fourth-order valence-electron chi connectivity index (χ4n) is 3.09. The van der Waals surface area contributed by atoms with Gasteiger partial charge in [-0.05, 0) is 44.7 Å². The van der Waals surface area contributed by atoms with E-state index < -0.39 is 5.60 Å². The quantitative estimate of drug-likeness (QED) is 0.687. The molecule has 4 nitrogen and oxygen atoms in total. The molecule has 0 aromatic heterocycles. The molecule has 0 saturated heterocycles. The minimum absolute atomic E-state index is 0.130. The average Bonchev–Trinajstić information content (AvgIpc) is 2.62. The first-order chi connectivity index (χ1) is 12.3. The van der Waals surface area contributed by atoms with Gasteiger partial charge in [-0.25, -0.2) is 0 Å². The smallest absolute Gasteiger partial charge is 0.256 e. The molecule has 2 unspecified atom stereocenters. The monoisotopic (exact) mass is 357 g/mol. The van der Waals surface area contributed by atoms with Gasteiger partial charge in [-0.15, -0.1) is 0 Å². The van der Waals surface area contributed by atoms with Crippen molar-refractivity contribution in [1.29, 1.82) is 0 Å². The first kappa shape index (κ1) is 20.2. The number of rotatable bonds is 8. The molecule has 2 rings (SSSR count). The molecule has 0 saturated carbocycles. The van der Waals surface area contributed by atoms with Gasteiger partial charge in [0, 0.05) is 23.6 Å². The lowest BCUT2D eigenvalue weighted by molar-refractivity contribution is -0.137. The predicted octanol–water partition coefficient (Wildman–Crippen LogP) is 5.41. The van der Waals surface area contributed by atoms with Crippen molar-refractivity contribution in [2.75, 3.05) is 12.4 Å². The lowest BCUT2D eigenvalue weighted by atomic mass is 9.93. The van der Waals surface area contributed by atoms with Crippen LogP contribution < -0.4 is 10.1 Å². The predicted molar refractivity (Wildman–Crippen MR) is 108 cm³/mol. The highest BCUT2D eigenvalue weighted by molar-refractivity contribution is 6.06. The van der Waals surface area contributed by atoms with Crippen molar-refractivity contribution < 1.29 is 14.3 Å². The number of methoxy groups -OCH3 is 1. The third kappa shape index (κ3) is 4.55. The number of anilines is 1. The second kappa shape index (κ2) is 8.54. The lowest BCUT2D eigenvalue weighted by Gasteiger charge is -2.29. The van der Waals surface area contributed by atoms with Gasteiger partial charge in [0.15, 0.2) is 0 Å². The fourth-order valence-corrected chi connectivity index (χ4v) is 3.09. The van der Waals surface area contributed by atoms with Crippen LogP contribution in [0.2, 0.25) is 0 Å². The van der Waals surface area contributed by atoms with Crippen LogP contribution in [0.5, 0.6) is 5.75 Å². The summed E-state index contributed by atoms with van der Waals surface area (Å²) >= 11 is 0. The van der Waals surface area contributed by atoms with Crippen molar-refractivity contribution in [3.8, 4) is 5.75 Å².